The molecule has 2 rings (SSSR count). The third-order valence-electron chi connectivity index (χ3n) is 3.74. The van der Waals surface area contributed by atoms with E-state index in [1.807, 2.05) is 6.92 Å². The monoisotopic (exact) mass is 361 g/mol. The summed E-state index contributed by atoms with van der Waals surface area (Å²) in [5.41, 5.74) is 1.87. The number of hydrogen-bond acceptors (Lipinski definition) is 3. The lowest BCUT2D eigenvalue weighted by Gasteiger charge is -2.18. The number of aliphatic carboxylic acids is 1. The standard InChI is InChI=1S/C19H20ClNO4/c1-11(2)17(19(23)24)25-14-9-7-13(8-10-14)18(22)21-16-6-4-5-15(20)12(16)3/h4-11,17H,1-3H3,(H,21,22)(H,23,24). The van der Waals surface area contributed by atoms with Gasteiger partial charge in [-0.25, -0.2) is 4.79 Å². The lowest BCUT2D eigenvalue weighted by molar-refractivity contribution is -0.147. The van der Waals surface area contributed by atoms with Crippen LogP contribution in [0.2, 0.25) is 5.02 Å². The van der Waals surface area contributed by atoms with Gasteiger partial charge in [-0.3, -0.25) is 4.79 Å². The second kappa shape index (κ2) is 8.03. The molecule has 1 amide bonds. The molecule has 0 aliphatic heterocycles. The summed E-state index contributed by atoms with van der Waals surface area (Å²) in [7, 11) is 0. The summed E-state index contributed by atoms with van der Waals surface area (Å²) in [6.45, 7) is 5.37. The quantitative estimate of drug-likeness (QED) is 0.800. The van der Waals surface area contributed by atoms with Gasteiger partial charge < -0.3 is 15.2 Å². The molecule has 1 atom stereocenters. The first kappa shape index (κ1) is 18.8. The number of amides is 1. The smallest absolute Gasteiger partial charge is 0.345 e. The van der Waals surface area contributed by atoms with Crippen molar-refractivity contribution in [2.45, 2.75) is 26.9 Å². The molecule has 6 heteroatoms. The minimum absolute atomic E-state index is 0.175. The van der Waals surface area contributed by atoms with Crippen molar-refractivity contribution >= 4 is 29.2 Å². The van der Waals surface area contributed by atoms with Crippen molar-refractivity contribution in [3.8, 4) is 5.75 Å². The Morgan fingerprint density at radius 1 is 1.12 bits per heavy atom. The SMILES string of the molecule is Cc1c(Cl)cccc1NC(=O)c1ccc(OC(C(=O)O)C(C)C)cc1. The van der Waals surface area contributed by atoms with Gasteiger partial charge in [-0.1, -0.05) is 31.5 Å². The Labute approximate surface area is 151 Å². The van der Waals surface area contributed by atoms with E-state index >= 15 is 0 Å². The molecule has 0 fully saturated rings. The highest BCUT2D eigenvalue weighted by molar-refractivity contribution is 6.31. The molecule has 0 saturated carbocycles. The van der Waals surface area contributed by atoms with E-state index in [0.29, 0.717) is 22.0 Å². The van der Waals surface area contributed by atoms with Crippen molar-refractivity contribution in [1.29, 1.82) is 0 Å². The normalized spacial score (nSPS) is 11.9. The predicted molar refractivity (Wildman–Crippen MR) is 97.5 cm³/mol. The number of halogens is 1. The van der Waals surface area contributed by atoms with E-state index in [9.17, 15) is 9.59 Å². The van der Waals surface area contributed by atoms with Crippen molar-refractivity contribution < 1.29 is 19.4 Å². The molecule has 0 saturated heterocycles. The zero-order valence-corrected chi connectivity index (χ0v) is 15.0. The van der Waals surface area contributed by atoms with Gasteiger partial charge in [0.25, 0.3) is 5.91 Å². The molecule has 0 aliphatic rings. The Bertz CT molecular complexity index is 771. The zero-order valence-electron chi connectivity index (χ0n) is 14.2. The summed E-state index contributed by atoms with van der Waals surface area (Å²) < 4.78 is 5.48. The summed E-state index contributed by atoms with van der Waals surface area (Å²) in [4.78, 5) is 23.5. The maximum absolute atomic E-state index is 12.3. The van der Waals surface area contributed by atoms with E-state index < -0.39 is 12.1 Å². The average molecular weight is 362 g/mol. The van der Waals surface area contributed by atoms with Crippen molar-refractivity contribution in [2.75, 3.05) is 5.32 Å². The van der Waals surface area contributed by atoms with Crippen LogP contribution >= 0.6 is 11.6 Å². The molecule has 0 aliphatic carbocycles. The first-order valence-electron chi connectivity index (χ1n) is 7.85. The van der Waals surface area contributed by atoms with Gasteiger partial charge in [-0.05, 0) is 48.9 Å². The second-order valence-corrected chi connectivity index (χ2v) is 6.42. The number of rotatable bonds is 6. The van der Waals surface area contributed by atoms with Gasteiger partial charge in [0.1, 0.15) is 5.75 Å². The number of carboxylic acid groups (broad SMARTS) is 1. The number of carbonyl (C=O) groups is 2. The molecular weight excluding hydrogens is 342 g/mol. The summed E-state index contributed by atoms with van der Waals surface area (Å²) in [5, 5.41) is 12.5. The van der Waals surface area contributed by atoms with Gasteiger partial charge in [0.15, 0.2) is 6.10 Å². The van der Waals surface area contributed by atoms with Crippen LogP contribution in [0, 0.1) is 12.8 Å². The van der Waals surface area contributed by atoms with Crippen molar-refractivity contribution in [1.82, 2.24) is 0 Å². The Balaban J connectivity index is 2.10. The highest BCUT2D eigenvalue weighted by Gasteiger charge is 2.23. The van der Waals surface area contributed by atoms with E-state index in [0.717, 1.165) is 5.56 Å². The Kier molecular flexibility index (Phi) is 6.04. The molecule has 132 valence electrons. The van der Waals surface area contributed by atoms with Crippen LogP contribution in [0.1, 0.15) is 29.8 Å². The van der Waals surface area contributed by atoms with E-state index in [4.69, 9.17) is 21.4 Å². The first-order valence-corrected chi connectivity index (χ1v) is 8.23. The second-order valence-electron chi connectivity index (χ2n) is 6.01. The maximum atomic E-state index is 12.3. The molecule has 0 spiro atoms. The topological polar surface area (TPSA) is 75.6 Å². The Hall–Kier alpha value is -2.53. The molecule has 5 nitrogen and oxygen atoms in total. The molecule has 2 aromatic carbocycles. The molecule has 25 heavy (non-hydrogen) atoms. The van der Waals surface area contributed by atoms with Crippen molar-refractivity contribution in [3.05, 3.63) is 58.6 Å². The van der Waals surface area contributed by atoms with Crippen LogP contribution in [-0.2, 0) is 4.79 Å². The average Bonchev–Trinajstić information content (AvgIpc) is 2.56. The van der Waals surface area contributed by atoms with Crippen LogP contribution in [0.4, 0.5) is 5.69 Å². The minimum Gasteiger partial charge on any atom is -0.478 e. The molecule has 0 bridgehead atoms. The first-order chi connectivity index (χ1) is 11.8. The molecule has 0 heterocycles. The third kappa shape index (κ3) is 4.73. The van der Waals surface area contributed by atoms with Crippen LogP contribution in [0.3, 0.4) is 0 Å². The van der Waals surface area contributed by atoms with E-state index in [2.05, 4.69) is 5.32 Å². The minimum atomic E-state index is -1.02. The highest BCUT2D eigenvalue weighted by Crippen LogP contribution is 2.24. The van der Waals surface area contributed by atoms with Crippen LogP contribution in [-0.4, -0.2) is 23.1 Å². The van der Waals surface area contributed by atoms with Crippen molar-refractivity contribution in [2.24, 2.45) is 5.92 Å². The van der Waals surface area contributed by atoms with Gasteiger partial charge in [-0.15, -0.1) is 0 Å². The predicted octanol–water partition coefficient (Wildman–Crippen LogP) is 4.39. The summed E-state index contributed by atoms with van der Waals surface area (Å²) >= 11 is 6.05. The fourth-order valence-corrected chi connectivity index (χ4v) is 2.42. The number of carbonyl (C=O) groups excluding carboxylic acids is 1. The largest absolute Gasteiger partial charge is 0.478 e. The number of ether oxygens (including phenoxy) is 1. The van der Waals surface area contributed by atoms with Gasteiger partial charge in [0.05, 0.1) is 0 Å². The fourth-order valence-electron chi connectivity index (χ4n) is 2.24. The number of anilines is 1. The van der Waals surface area contributed by atoms with Gasteiger partial charge in [-0.2, -0.15) is 0 Å². The van der Waals surface area contributed by atoms with Crippen LogP contribution in [0.15, 0.2) is 42.5 Å². The van der Waals surface area contributed by atoms with E-state index in [1.165, 1.54) is 0 Å². The molecule has 0 aromatic heterocycles. The van der Waals surface area contributed by atoms with Gasteiger partial charge >= 0.3 is 5.97 Å². The fraction of sp³-hybridized carbons (Fsp3) is 0.263. The third-order valence-corrected chi connectivity index (χ3v) is 4.15. The summed E-state index contributed by atoms with van der Waals surface area (Å²) in [6, 6.07) is 11.6. The molecule has 2 N–H and O–H groups in total. The summed E-state index contributed by atoms with van der Waals surface area (Å²) in [6.07, 6.45) is -0.936. The lowest BCUT2D eigenvalue weighted by Crippen LogP contribution is -2.32. The zero-order chi connectivity index (χ0) is 18.6. The molecule has 2 aromatic rings. The maximum Gasteiger partial charge on any atom is 0.345 e. The molecule has 0 radical (unpaired) electrons. The Morgan fingerprint density at radius 3 is 2.32 bits per heavy atom. The number of nitrogens with one attached hydrogen (secondary N) is 1. The number of benzene rings is 2. The number of carboxylic acids is 1. The number of hydrogen-bond donors (Lipinski definition) is 2. The van der Waals surface area contributed by atoms with Crippen molar-refractivity contribution in [3.63, 3.8) is 0 Å². The van der Waals surface area contributed by atoms with Crippen LogP contribution in [0.25, 0.3) is 0 Å². The molecule has 1 unspecified atom stereocenters. The van der Waals surface area contributed by atoms with E-state index in [-0.39, 0.29) is 11.8 Å². The van der Waals surface area contributed by atoms with E-state index in [1.54, 1.807) is 56.3 Å². The lowest BCUT2D eigenvalue weighted by atomic mass is 10.1. The van der Waals surface area contributed by atoms with Gasteiger partial charge in [0, 0.05) is 22.2 Å². The Morgan fingerprint density at radius 2 is 1.76 bits per heavy atom. The highest BCUT2D eigenvalue weighted by atomic mass is 35.5. The van der Waals surface area contributed by atoms with Gasteiger partial charge in [0.2, 0.25) is 0 Å². The molecular formula is C19H20ClNO4. The van der Waals surface area contributed by atoms with Crippen LogP contribution < -0.4 is 10.1 Å². The van der Waals surface area contributed by atoms with Crippen LogP contribution in [0.5, 0.6) is 5.75 Å². The summed E-state index contributed by atoms with van der Waals surface area (Å²) in [5.74, 6) is -1.08.